The minimum absolute atomic E-state index is 0.393. The molecule has 1 N–H and O–H groups in total. The van der Waals surface area contributed by atoms with E-state index in [-0.39, 0.29) is 0 Å². The lowest BCUT2D eigenvalue weighted by atomic mass is 10.1. The molecule has 0 spiro atoms. The highest BCUT2D eigenvalue weighted by atomic mass is 15.3. The van der Waals surface area contributed by atoms with E-state index < -0.39 is 0 Å². The van der Waals surface area contributed by atoms with Crippen molar-refractivity contribution in [1.29, 1.82) is 0 Å². The van der Waals surface area contributed by atoms with Crippen molar-refractivity contribution in [3.05, 3.63) is 65.7 Å². The number of aryl methyl sites for hydroxylation is 1. The molecule has 0 radical (unpaired) electrons. The molecule has 0 saturated heterocycles. The molecule has 0 saturated carbocycles. The van der Waals surface area contributed by atoms with Gasteiger partial charge in [-0.25, -0.2) is 9.67 Å². The molecule has 2 aromatic heterocycles. The van der Waals surface area contributed by atoms with Crippen molar-refractivity contribution < 1.29 is 0 Å². The monoisotopic (exact) mass is 393 g/mol. The molecule has 0 amide bonds. The minimum atomic E-state index is 0.393. The van der Waals surface area contributed by atoms with Crippen LogP contribution >= 0.6 is 0 Å². The molecule has 7 heteroatoms. The van der Waals surface area contributed by atoms with Gasteiger partial charge in [0, 0.05) is 51.3 Å². The highest BCUT2D eigenvalue weighted by Crippen LogP contribution is 2.18. The number of nitrogens with one attached hydrogen (secondary N) is 1. The predicted octanol–water partition coefficient (Wildman–Crippen LogP) is 3.33. The third-order valence-corrected chi connectivity index (χ3v) is 4.68. The number of aromatic nitrogens is 4. The van der Waals surface area contributed by atoms with E-state index in [9.17, 15) is 0 Å². The Morgan fingerprint density at radius 3 is 2.79 bits per heavy atom. The van der Waals surface area contributed by atoms with Gasteiger partial charge in [0.05, 0.1) is 17.9 Å². The summed E-state index contributed by atoms with van der Waals surface area (Å²) in [5, 5.41) is 12.3. The Bertz CT molecular complexity index is 938. The topological polar surface area (TPSA) is 63.3 Å². The lowest BCUT2D eigenvalue weighted by molar-refractivity contribution is 0.473. The van der Waals surface area contributed by atoms with Gasteiger partial charge in [0.25, 0.3) is 0 Å². The van der Waals surface area contributed by atoms with Crippen LogP contribution in [-0.4, -0.2) is 44.0 Å². The summed E-state index contributed by atoms with van der Waals surface area (Å²) in [5.74, 6) is 1.28. The van der Waals surface area contributed by atoms with Gasteiger partial charge in [0.15, 0.2) is 5.96 Å². The summed E-state index contributed by atoms with van der Waals surface area (Å²) in [6.07, 6.45) is 5.83. The Morgan fingerprint density at radius 2 is 2.10 bits per heavy atom. The largest absolute Gasteiger partial charge is 0.357 e. The normalized spacial score (nSPS) is 11.9. The summed E-state index contributed by atoms with van der Waals surface area (Å²) >= 11 is 0. The maximum absolute atomic E-state index is 4.86. The fraction of sp³-hybridized carbons (Fsp3) is 0.409. The first-order valence-electron chi connectivity index (χ1n) is 10.1. The molecule has 0 unspecified atom stereocenters. The zero-order valence-electron chi connectivity index (χ0n) is 18.0. The van der Waals surface area contributed by atoms with E-state index in [0.717, 1.165) is 36.0 Å². The zero-order valence-corrected chi connectivity index (χ0v) is 18.0. The molecule has 1 aromatic carbocycles. The Kier molecular flexibility index (Phi) is 6.69. The van der Waals surface area contributed by atoms with Crippen molar-refractivity contribution in [2.45, 2.75) is 39.8 Å². The van der Waals surface area contributed by atoms with E-state index >= 15 is 0 Å². The first-order valence-corrected chi connectivity index (χ1v) is 10.1. The molecule has 0 aliphatic heterocycles. The summed E-state index contributed by atoms with van der Waals surface area (Å²) in [4.78, 5) is 7.01. The Labute approximate surface area is 173 Å². The Hall–Kier alpha value is -3.09. The number of rotatable bonds is 7. The second-order valence-corrected chi connectivity index (χ2v) is 7.51. The standard InChI is InChI=1S/C22H31N7/c1-6-23-22(27(4)15-19-16-28(5)26-21(19)17(2)3)24-14-18-9-7-10-20(13-18)29-12-8-11-25-29/h7-13,16-17H,6,14-15H2,1-5H3,(H,23,24). The summed E-state index contributed by atoms with van der Waals surface area (Å²) in [7, 11) is 4.04. The van der Waals surface area contributed by atoms with E-state index in [1.807, 2.05) is 40.8 Å². The smallest absolute Gasteiger partial charge is 0.194 e. The molecule has 0 aliphatic rings. The van der Waals surface area contributed by atoms with Crippen LogP contribution in [0.2, 0.25) is 0 Å². The van der Waals surface area contributed by atoms with Crippen molar-refractivity contribution in [1.82, 2.24) is 29.8 Å². The van der Waals surface area contributed by atoms with Gasteiger partial charge in [0.2, 0.25) is 0 Å². The fourth-order valence-corrected chi connectivity index (χ4v) is 3.35. The van der Waals surface area contributed by atoms with Gasteiger partial charge in [-0.2, -0.15) is 10.2 Å². The quantitative estimate of drug-likeness (QED) is 0.494. The molecule has 29 heavy (non-hydrogen) atoms. The molecular weight excluding hydrogens is 362 g/mol. The van der Waals surface area contributed by atoms with Crippen molar-refractivity contribution in [3.63, 3.8) is 0 Å². The van der Waals surface area contributed by atoms with Crippen molar-refractivity contribution >= 4 is 5.96 Å². The van der Waals surface area contributed by atoms with Crippen LogP contribution in [0.15, 0.2) is 53.9 Å². The third-order valence-electron chi connectivity index (χ3n) is 4.68. The average Bonchev–Trinajstić information content (AvgIpc) is 3.35. The van der Waals surface area contributed by atoms with Crippen LogP contribution in [0.1, 0.15) is 43.5 Å². The van der Waals surface area contributed by atoms with Gasteiger partial charge in [-0.1, -0.05) is 26.0 Å². The second-order valence-electron chi connectivity index (χ2n) is 7.51. The SMILES string of the molecule is CCNC(=NCc1cccc(-n2cccn2)c1)N(C)Cc1cn(C)nc1C(C)C. The lowest BCUT2D eigenvalue weighted by Gasteiger charge is -2.22. The van der Waals surface area contributed by atoms with Crippen LogP contribution in [0, 0.1) is 0 Å². The average molecular weight is 394 g/mol. The molecule has 0 bridgehead atoms. The van der Waals surface area contributed by atoms with Crippen LogP contribution < -0.4 is 5.32 Å². The van der Waals surface area contributed by atoms with Gasteiger partial charge < -0.3 is 10.2 Å². The zero-order chi connectivity index (χ0) is 20.8. The molecule has 7 nitrogen and oxygen atoms in total. The number of benzene rings is 1. The fourth-order valence-electron chi connectivity index (χ4n) is 3.35. The second kappa shape index (κ2) is 9.41. The molecule has 0 aliphatic carbocycles. The summed E-state index contributed by atoms with van der Waals surface area (Å²) in [5.41, 5.74) is 4.56. The van der Waals surface area contributed by atoms with Crippen molar-refractivity contribution in [2.75, 3.05) is 13.6 Å². The van der Waals surface area contributed by atoms with Crippen LogP contribution in [0.3, 0.4) is 0 Å². The van der Waals surface area contributed by atoms with Gasteiger partial charge in [-0.05, 0) is 36.6 Å². The van der Waals surface area contributed by atoms with E-state index in [2.05, 4.69) is 66.6 Å². The van der Waals surface area contributed by atoms with E-state index in [4.69, 9.17) is 4.99 Å². The summed E-state index contributed by atoms with van der Waals surface area (Å²) < 4.78 is 3.75. The molecule has 3 aromatic rings. The third kappa shape index (κ3) is 5.25. The van der Waals surface area contributed by atoms with E-state index in [1.54, 1.807) is 6.20 Å². The van der Waals surface area contributed by atoms with Crippen LogP contribution in [0.25, 0.3) is 5.69 Å². The molecule has 154 valence electrons. The Balaban J connectivity index is 1.75. The van der Waals surface area contributed by atoms with Crippen molar-refractivity contribution in [2.24, 2.45) is 12.0 Å². The Morgan fingerprint density at radius 1 is 1.28 bits per heavy atom. The lowest BCUT2D eigenvalue weighted by Crippen LogP contribution is -2.38. The van der Waals surface area contributed by atoms with Crippen molar-refractivity contribution in [3.8, 4) is 5.69 Å². The molecule has 3 rings (SSSR count). The van der Waals surface area contributed by atoms with E-state index in [0.29, 0.717) is 12.5 Å². The highest BCUT2D eigenvalue weighted by molar-refractivity contribution is 5.79. The maximum atomic E-state index is 4.86. The minimum Gasteiger partial charge on any atom is -0.357 e. The molecule has 2 heterocycles. The van der Waals surface area contributed by atoms with E-state index in [1.165, 1.54) is 5.56 Å². The van der Waals surface area contributed by atoms with Gasteiger partial charge in [-0.15, -0.1) is 0 Å². The summed E-state index contributed by atoms with van der Waals surface area (Å²) in [6.45, 7) is 8.63. The highest BCUT2D eigenvalue weighted by Gasteiger charge is 2.15. The number of hydrogen-bond acceptors (Lipinski definition) is 3. The van der Waals surface area contributed by atoms with Gasteiger partial charge >= 0.3 is 0 Å². The van der Waals surface area contributed by atoms with Crippen LogP contribution in [-0.2, 0) is 20.1 Å². The first-order chi connectivity index (χ1) is 14.0. The summed E-state index contributed by atoms with van der Waals surface area (Å²) in [6, 6.07) is 10.2. The van der Waals surface area contributed by atoms with Gasteiger partial charge in [0.1, 0.15) is 0 Å². The number of guanidine groups is 1. The molecular formula is C22H31N7. The molecule has 0 atom stereocenters. The number of hydrogen-bond donors (Lipinski definition) is 1. The molecule has 0 fully saturated rings. The maximum Gasteiger partial charge on any atom is 0.194 e. The van der Waals surface area contributed by atoms with Crippen LogP contribution in [0.4, 0.5) is 0 Å². The number of aliphatic imine (C=N–C) groups is 1. The van der Waals surface area contributed by atoms with Crippen LogP contribution in [0.5, 0.6) is 0 Å². The first kappa shape index (κ1) is 20.6. The van der Waals surface area contributed by atoms with Gasteiger partial charge in [-0.3, -0.25) is 4.68 Å². The number of nitrogens with zero attached hydrogens (tertiary/aromatic N) is 6. The predicted molar refractivity (Wildman–Crippen MR) is 117 cm³/mol.